The third-order valence-corrected chi connectivity index (χ3v) is 5.88. The van der Waals surface area contributed by atoms with Crippen molar-refractivity contribution in [3.8, 4) is 11.4 Å². The van der Waals surface area contributed by atoms with Crippen LogP contribution in [0.1, 0.15) is 0 Å². The molecule has 4 rings (SSSR count). The molecule has 0 saturated carbocycles. The van der Waals surface area contributed by atoms with Crippen LogP contribution in [0.15, 0.2) is 71.9 Å². The van der Waals surface area contributed by atoms with Crippen molar-refractivity contribution in [2.24, 2.45) is 0 Å². The van der Waals surface area contributed by atoms with Crippen LogP contribution in [0.25, 0.3) is 22.4 Å². The molecule has 9 heteroatoms. The first kappa shape index (κ1) is 19.2. The van der Waals surface area contributed by atoms with Crippen molar-refractivity contribution in [2.45, 2.75) is 11.4 Å². The largest absolute Gasteiger partial charge is 0.323 e. The summed E-state index contributed by atoms with van der Waals surface area (Å²) in [6, 6.07) is 13.6. The third-order valence-electron chi connectivity index (χ3n) is 4.42. The molecule has 0 aliphatic carbocycles. The van der Waals surface area contributed by atoms with Gasteiger partial charge in [-0.1, -0.05) is 12.1 Å². The third kappa shape index (κ3) is 3.87. The highest BCUT2D eigenvalue weighted by Gasteiger charge is 2.17. The summed E-state index contributed by atoms with van der Waals surface area (Å²) in [5, 5.41) is 0. The fourth-order valence-corrected chi connectivity index (χ4v) is 4.07. The fourth-order valence-electron chi connectivity index (χ4n) is 3.04. The molecule has 2 aromatic carbocycles. The number of imidazole rings is 1. The Morgan fingerprint density at radius 3 is 2.48 bits per heavy atom. The lowest BCUT2D eigenvalue weighted by molar-refractivity contribution is 0.504. The highest BCUT2D eigenvalue weighted by molar-refractivity contribution is 7.89. The lowest BCUT2D eigenvalue weighted by Gasteiger charge is -2.11. The molecule has 0 spiro atoms. The Balaban J connectivity index is 1.60. The molecule has 6 nitrogen and oxygen atoms in total. The minimum atomic E-state index is -3.98. The van der Waals surface area contributed by atoms with Gasteiger partial charge in [0.25, 0.3) is 0 Å². The summed E-state index contributed by atoms with van der Waals surface area (Å²) in [6.07, 6.45) is 3.32. The van der Waals surface area contributed by atoms with Gasteiger partial charge in [-0.3, -0.25) is 4.98 Å². The molecule has 0 bridgehead atoms. The number of hydrogen-bond donors (Lipinski definition) is 1. The van der Waals surface area contributed by atoms with Crippen LogP contribution >= 0.6 is 0 Å². The highest BCUT2D eigenvalue weighted by Crippen LogP contribution is 2.24. The predicted octanol–water partition coefficient (Wildman–Crippen LogP) is 3.36. The van der Waals surface area contributed by atoms with Crippen LogP contribution in [0, 0.1) is 11.6 Å². The van der Waals surface area contributed by atoms with Crippen LogP contribution in [0.2, 0.25) is 0 Å². The van der Waals surface area contributed by atoms with Gasteiger partial charge in [0.15, 0.2) is 11.6 Å². The fraction of sp³-hybridized carbons (Fsp3) is 0.100. The summed E-state index contributed by atoms with van der Waals surface area (Å²) < 4.78 is 55.6. The van der Waals surface area contributed by atoms with E-state index in [0.717, 1.165) is 28.7 Å². The van der Waals surface area contributed by atoms with E-state index >= 15 is 0 Å². The van der Waals surface area contributed by atoms with Gasteiger partial charge in [-0.15, -0.1) is 0 Å². The number of sulfonamides is 1. The topological polar surface area (TPSA) is 76.9 Å². The summed E-state index contributed by atoms with van der Waals surface area (Å²) in [5.74, 6) is -1.63. The zero-order valence-corrected chi connectivity index (χ0v) is 15.9. The number of benzene rings is 2. The molecule has 148 valence electrons. The lowest BCUT2D eigenvalue weighted by atomic mass is 10.2. The molecule has 0 atom stereocenters. The summed E-state index contributed by atoms with van der Waals surface area (Å²) in [5.41, 5.74) is 2.48. The Morgan fingerprint density at radius 1 is 0.966 bits per heavy atom. The molecule has 29 heavy (non-hydrogen) atoms. The Bertz CT molecular complexity index is 1270. The van der Waals surface area contributed by atoms with Crippen molar-refractivity contribution in [1.82, 2.24) is 19.3 Å². The molecular formula is C20H16F2N4O2S. The second kappa shape index (κ2) is 7.69. The van der Waals surface area contributed by atoms with Crippen molar-refractivity contribution < 1.29 is 17.2 Å². The van der Waals surface area contributed by atoms with E-state index in [9.17, 15) is 17.2 Å². The van der Waals surface area contributed by atoms with Gasteiger partial charge in [0.1, 0.15) is 5.82 Å². The Labute approximate surface area is 165 Å². The first-order valence-electron chi connectivity index (χ1n) is 8.76. The van der Waals surface area contributed by atoms with E-state index in [1.165, 1.54) is 0 Å². The van der Waals surface area contributed by atoms with Crippen LogP contribution < -0.4 is 4.72 Å². The number of pyridine rings is 1. The SMILES string of the molecule is O=S(=O)(NCCn1c(-c2ccncc2)nc2ccccc21)c1ccc(F)c(F)c1. The number of halogens is 2. The minimum absolute atomic E-state index is 0.0414. The maximum Gasteiger partial charge on any atom is 0.240 e. The van der Waals surface area contributed by atoms with E-state index in [1.807, 2.05) is 41.0 Å². The smallest absolute Gasteiger partial charge is 0.240 e. The quantitative estimate of drug-likeness (QED) is 0.525. The summed E-state index contributed by atoms with van der Waals surface area (Å²) >= 11 is 0. The van der Waals surface area contributed by atoms with E-state index in [0.29, 0.717) is 18.4 Å². The van der Waals surface area contributed by atoms with Crippen molar-refractivity contribution in [3.05, 3.63) is 78.6 Å². The van der Waals surface area contributed by atoms with Gasteiger partial charge in [-0.2, -0.15) is 0 Å². The van der Waals surface area contributed by atoms with Gasteiger partial charge in [0.2, 0.25) is 10.0 Å². The number of nitrogens with one attached hydrogen (secondary N) is 1. The van der Waals surface area contributed by atoms with Gasteiger partial charge < -0.3 is 4.57 Å². The second-order valence-corrected chi connectivity index (χ2v) is 8.05. The van der Waals surface area contributed by atoms with Crippen LogP contribution in [0.4, 0.5) is 8.78 Å². The molecule has 2 aromatic heterocycles. The molecule has 0 fully saturated rings. The number of aromatic nitrogens is 3. The van der Waals surface area contributed by atoms with Gasteiger partial charge in [0.05, 0.1) is 15.9 Å². The Morgan fingerprint density at radius 2 is 1.72 bits per heavy atom. The molecular weight excluding hydrogens is 398 g/mol. The number of para-hydroxylation sites is 2. The van der Waals surface area contributed by atoms with Crippen LogP contribution in [-0.2, 0) is 16.6 Å². The van der Waals surface area contributed by atoms with E-state index < -0.39 is 21.7 Å². The molecule has 4 aromatic rings. The molecule has 0 aliphatic heterocycles. The monoisotopic (exact) mass is 414 g/mol. The number of nitrogens with zero attached hydrogens (tertiary/aromatic N) is 3. The van der Waals surface area contributed by atoms with E-state index in [2.05, 4.69) is 14.7 Å². The van der Waals surface area contributed by atoms with Gasteiger partial charge in [-0.05, 0) is 42.5 Å². The van der Waals surface area contributed by atoms with Crippen LogP contribution in [0.3, 0.4) is 0 Å². The van der Waals surface area contributed by atoms with Crippen molar-refractivity contribution in [3.63, 3.8) is 0 Å². The Kier molecular flexibility index (Phi) is 5.08. The zero-order valence-electron chi connectivity index (χ0n) is 15.1. The van der Waals surface area contributed by atoms with E-state index in [4.69, 9.17) is 0 Å². The van der Waals surface area contributed by atoms with E-state index in [1.54, 1.807) is 12.4 Å². The van der Waals surface area contributed by atoms with Gasteiger partial charge >= 0.3 is 0 Å². The molecule has 2 heterocycles. The molecule has 0 aliphatic rings. The maximum atomic E-state index is 13.4. The van der Waals surface area contributed by atoms with E-state index in [-0.39, 0.29) is 11.4 Å². The molecule has 0 amide bonds. The maximum absolute atomic E-state index is 13.4. The summed E-state index contributed by atoms with van der Waals surface area (Å²) in [6.45, 7) is 0.334. The second-order valence-electron chi connectivity index (χ2n) is 6.29. The minimum Gasteiger partial charge on any atom is -0.323 e. The molecule has 0 saturated heterocycles. The first-order valence-corrected chi connectivity index (χ1v) is 10.2. The summed E-state index contributed by atoms with van der Waals surface area (Å²) in [7, 11) is -3.98. The van der Waals surface area contributed by atoms with Gasteiger partial charge in [0, 0.05) is 31.0 Å². The standard InChI is InChI=1S/C20H16F2N4O2S/c21-16-6-5-15(13-17(16)22)29(27,28)24-11-12-26-19-4-2-1-3-18(19)25-20(26)14-7-9-23-10-8-14/h1-10,13,24H,11-12H2. The zero-order chi connectivity index (χ0) is 20.4. The molecule has 0 radical (unpaired) electrons. The average Bonchev–Trinajstić information content (AvgIpc) is 3.09. The number of rotatable bonds is 6. The van der Waals surface area contributed by atoms with Crippen molar-refractivity contribution in [2.75, 3.05) is 6.54 Å². The lowest BCUT2D eigenvalue weighted by Crippen LogP contribution is -2.27. The predicted molar refractivity (Wildman–Crippen MR) is 105 cm³/mol. The average molecular weight is 414 g/mol. The first-order chi connectivity index (χ1) is 14.0. The number of hydrogen-bond acceptors (Lipinski definition) is 4. The van der Waals surface area contributed by atoms with Crippen LogP contribution in [0.5, 0.6) is 0 Å². The number of fused-ring (bicyclic) bond motifs is 1. The summed E-state index contributed by atoms with van der Waals surface area (Å²) in [4.78, 5) is 8.32. The van der Waals surface area contributed by atoms with Gasteiger partial charge in [-0.25, -0.2) is 26.9 Å². The van der Waals surface area contributed by atoms with Crippen LogP contribution in [-0.4, -0.2) is 29.5 Å². The Hall–Kier alpha value is -3.17. The highest BCUT2D eigenvalue weighted by atomic mass is 32.2. The molecule has 0 unspecified atom stereocenters. The normalized spacial score (nSPS) is 11.8. The van der Waals surface area contributed by atoms with Crippen molar-refractivity contribution in [1.29, 1.82) is 0 Å². The molecule has 1 N–H and O–H groups in total. The van der Waals surface area contributed by atoms with Crippen molar-refractivity contribution >= 4 is 21.1 Å².